The molecule has 19 heavy (non-hydrogen) atoms. The minimum atomic E-state index is 0.803. The molecule has 0 bridgehead atoms. The van der Waals surface area contributed by atoms with Gasteiger partial charge in [-0.3, -0.25) is 4.90 Å². The molecule has 0 aromatic carbocycles. The Balaban J connectivity index is 1.74. The third-order valence-electron chi connectivity index (χ3n) is 5.47. The van der Waals surface area contributed by atoms with Crippen molar-refractivity contribution in [1.29, 1.82) is 0 Å². The van der Waals surface area contributed by atoms with Crippen LogP contribution in [0.4, 0.5) is 0 Å². The molecule has 2 fully saturated rings. The topological polar surface area (TPSA) is 15.3 Å². The maximum absolute atomic E-state index is 3.59. The molecule has 0 aromatic heterocycles. The van der Waals surface area contributed by atoms with Gasteiger partial charge in [-0.25, -0.2) is 0 Å². The first-order chi connectivity index (χ1) is 9.27. The number of nitrogens with one attached hydrogen (secondary N) is 1. The predicted octanol–water partition coefficient (Wildman–Crippen LogP) is 3.67. The summed E-state index contributed by atoms with van der Waals surface area (Å²) in [6, 6.07) is 1.66. The summed E-state index contributed by atoms with van der Waals surface area (Å²) in [7, 11) is 0. The largest absolute Gasteiger partial charge is 0.316 e. The van der Waals surface area contributed by atoms with Crippen LogP contribution in [-0.2, 0) is 0 Å². The SMILES string of the molecule is CCCCCCCC(C)N1CC2CNCC2C1CC. The van der Waals surface area contributed by atoms with Crippen LogP contribution in [0.3, 0.4) is 0 Å². The first-order valence-corrected chi connectivity index (χ1v) is 8.74. The van der Waals surface area contributed by atoms with E-state index in [4.69, 9.17) is 0 Å². The number of fused-ring (bicyclic) bond motifs is 1. The molecule has 2 saturated heterocycles. The zero-order valence-electron chi connectivity index (χ0n) is 13.3. The lowest BCUT2D eigenvalue weighted by Crippen LogP contribution is -2.41. The van der Waals surface area contributed by atoms with E-state index in [2.05, 4.69) is 31.0 Å². The summed E-state index contributed by atoms with van der Waals surface area (Å²) >= 11 is 0. The van der Waals surface area contributed by atoms with E-state index in [0.29, 0.717) is 0 Å². The van der Waals surface area contributed by atoms with Crippen molar-refractivity contribution in [3.8, 4) is 0 Å². The first kappa shape index (κ1) is 15.3. The van der Waals surface area contributed by atoms with Crippen LogP contribution in [-0.4, -0.2) is 36.6 Å². The Bertz CT molecular complexity index is 254. The van der Waals surface area contributed by atoms with Crippen molar-refractivity contribution in [1.82, 2.24) is 10.2 Å². The van der Waals surface area contributed by atoms with Crippen molar-refractivity contribution in [2.45, 2.75) is 77.8 Å². The van der Waals surface area contributed by atoms with Crippen molar-refractivity contribution in [3.63, 3.8) is 0 Å². The summed E-state index contributed by atoms with van der Waals surface area (Å²) < 4.78 is 0. The lowest BCUT2D eigenvalue weighted by molar-refractivity contribution is 0.155. The van der Waals surface area contributed by atoms with Crippen molar-refractivity contribution < 1.29 is 0 Å². The Labute approximate surface area is 120 Å². The second-order valence-corrected chi connectivity index (χ2v) is 6.81. The van der Waals surface area contributed by atoms with Gasteiger partial charge in [0.2, 0.25) is 0 Å². The van der Waals surface area contributed by atoms with Crippen LogP contribution in [0.2, 0.25) is 0 Å². The summed E-state index contributed by atoms with van der Waals surface area (Å²) in [4.78, 5) is 2.84. The van der Waals surface area contributed by atoms with Crippen LogP contribution in [0.25, 0.3) is 0 Å². The fraction of sp³-hybridized carbons (Fsp3) is 1.00. The monoisotopic (exact) mass is 266 g/mol. The van der Waals surface area contributed by atoms with Gasteiger partial charge in [-0.15, -0.1) is 0 Å². The number of rotatable bonds is 8. The van der Waals surface area contributed by atoms with Crippen LogP contribution >= 0.6 is 0 Å². The third kappa shape index (κ3) is 3.72. The Morgan fingerprint density at radius 1 is 1.11 bits per heavy atom. The van der Waals surface area contributed by atoms with Gasteiger partial charge in [0, 0.05) is 18.6 Å². The molecule has 2 rings (SSSR count). The Morgan fingerprint density at radius 3 is 2.63 bits per heavy atom. The minimum absolute atomic E-state index is 0.803. The van der Waals surface area contributed by atoms with E-state index in [-0.39, 0.29) is 0 Å². The highest BCUT2D eigenvalue weighted by Gasteiger charge is 2.44. The number of hydrogen-bond acceptors (Lipinski definition) is 2. The lowest BCUT2D eigenvalue weighted by atomic mass is 9.92. The van der Waals surface area contributed by atoms with Gasteiger partial charge in [0.25, 0.3) is 0 Å². The van der Waals surface area contributed by atoms with Crippen molar-refractivity contribution in [2.24, 2.45) is 11.8 Å². The van der Waals surface area contributed by atoms with E-state index >= 15 is 0 Å². The van der Waals surface area contributed by atoms with Gasteiger partial charge >= 0.3 is 0 Å². The highest BCUT2D eigenvalue weighted by molar-refractivity contribution is 4.99. The normalized spacial score (nSPS) is 32.7. The summed E-state index contributed by atoms with van der Waals surface area (Å²) in [5, 5.41) is 3.59. The second-order valence-electron chi connectivity index (χ2n) is 6.81. The quantitative estimate of drug-likeness (QED) is 0.674. The van der Waals surface area contributed by atoms with Crippen LogP contribution < -0.4 is 5.32 Å². The van der Waals surface area contributed by atoms with Gasteiger partial charge in [-0.2, -0.15) is 0 Å². The molecule has 4 unspecified atom stereocenters. The molecule has 2 heteroatoms. The van der Waals surface area contributed by atoms with E-state index in [0.717, 1.165) is 23.9 Å². The fourth-order valence-electron chi connectivity index (χ4n) is 4.31. The molecule has 0 saturated carbocycles. The molecule has 2 aliphatic rings. The molecular formula is C17H34N2. The summed E-state index contributed by atoms with van der Waals surface area (Å²) in [6.07, 6.45) is 9.84. The van der Waals surface area contributed by atoms with E-state index in [9.17, 15) is 0 Å². The van der Waals surface area contributed by atoms with Gasteiger partial charge in [0.15, 0.2) is 0 Å². The smallest absolute Gasteiger partial charge is 0.0140 e. The molecule has 2 nitrogen and oxygen atoms in total. The minimum Gasteiger partial charge on any atom is -0.316 e. The number of unbranched alkanes of at least 4 members (excludes halogenated alkanes) is 4. The fourth-order valence-corrected chi connectivity index (χ4v) is 4.31. The van der Waals surface area contributed by atoms with Crippen LogP contribution in [0.5, 0.6) is 0 Å². The molecule has 0 amide bonds. The summed E-state index contributed by atoms with van der Waals surface area (Å²) in [5.74, 6) is 1.88. The van der Waals surface area contributed by atoms with Crippen molar-refractivity contribution in [3.05, 3.63) is 0 Å². The predicted molar refractivity (Wildman–Crippen MR) is 83.5 cm³/mol. The molecule has 1 N–H and O–H groups in total. The Hall–Kier alpha value is -0.0800. The van der Waals surface area contributed by atoms with Gasteiger partial charge < -0.3 is 5.32 Å². The van der Waals surface area contributed by atoms with Gasteiger partial charge in [0.05, 0.1) is 0 Å². The molecule has 112 valence electrons. The third-order valence-corrected chi connectivity index (χ3v) is 5.47. The van der Waals surface area contributed by atoms with Crippen LogP contribution in [0, 0.1) is 11.8 Å². The highest BCUT2D eigenvalue weighted by Crippen LogP contribution is 2.36. The Kier molecular flexibility index (Phi) is 6.15. The maximum Gasteiger partial charge on any atom is 0.0140 e. The average molecular weight is 266 g/mol. The highest BCUT2D eigenvalue weighted by atomic mass is 15.2. The standard InChI is InChI=1S/C17H34N2/c1-4-6-7-8-9-10-14(3)19-13-15-11-18-12-16(15)17(19)5-2/h14-18H,4-13H2,1-3H3. The number of likely N-dealkylation sites (tertiary alicyclic amines) is 1. The molecule has 0 aromatic rings. The maximum atomic E-state index is 3.59. The van der Waals surface area contributed by atoms with E-state index < -0.39 is 0 Å². The van der Waals surface area contributed by atoms with E-state index in [1.54, 1.807) is 0 Å². The lowest BCUT2D eigenvalue weighted by Gasteiger charge is -2.32. The molecule has 0 spiro atoms. The van der Waals surface area contributed by atoms with Gasteiger partial charge in [-0.1, -0.05) is 46.0 Å². The van der Waals surface area contributed by atoms with Gasteiger partial charge in [-0.05, 0) is 44.7 Å². The first-order valence-electron chi connectivity index (χ1n) is 8.74. The molecule has 2 heterocycles. The van der Waals surface area contributed by atoms with Crippen LogP contribution in [0.1, 0.15) is 65.7 Å². The number of nitrogens with zero attached hydrogens (tertiary/aromatic N) is 1. The zero-order chi connectivity index (χ0) is 13.7. The Morgan fingerprint density at radius 2 is 1.89 bits per heavy atom. The molecule has 4 atom stereocenters. The van der Waals surface area contributed by atoms with E-state index in [1.807, 2.05) is 0 Å². The molecule has 2 aliphatic heterocycles. The number of hydrogen-bond donors (Lipinski definition) is 1. The average Bonchev–Trinajstić information content (AvgIpc) is 2.97. The zero-order valence-corrected chi connectivity index (χ0v) is 13.3. The van der Waals surface area contributed by atoms with Crippen LogP contribution in [0.15, 0.2) is 0 Å². The molecule has 0 radical (unpaired) electrons. The van der Waals surface area contributed by atoms with Crippen molar-refractivity contribution in [2.75, 3.05) is 19.6 Å². The summed E-state index contributed by atoms with van der Waals surface area (Å²) in [5.41, 5.74) is 0. The van der Waals surface area contributed by atoms with Crippen molar-refractivity contribution >= 4 is 0 Å². The molecule has 0 aliphatic carbocycles. The van der Waals surface area contributed by atoms with Gasteiger partial charge in [0.1, 0.15) is 0 Å². The second kappa shape index (κ2) is 7.64. The van der Waals surface area contributed by atoms with E-state index in [1.165, 1.54) is 64.6 Å². The summed E-state index contributed by atoms with van der Waals surface area (Å²) in [6.45, 7) is 11.0. The molecular weight excluding hydrogens is 232 g/mol.